The van der Waals surface area contributed by atoms with Crippen molar-refractivity contribution >= 4 is 5.78 Å². The van der Waals surface area contributed by atoms with E-state index in [0.717, 1.165) is 22.6 Å². The lowest BCUT2D eigenvalue weighted by Crippen LogP contribution is -2.56. The van der Waals surface area contributed by atoms with Gasteiger partial charge in [-0.25, -0.2) is 0 Å². The number of hydrogen-bond acceptors (Lipinski definition) is 5. The molecule has 0 aliphatic heterocycles. The molecule has 2 aromatic rings. The van der Waals surface area contributed by atoms with Crippen LogP contribution in [0.1, 0.15) is 24.5 Å². The summed E-state index contributed by atoms with van der Waals surface area (Å²) in [7, 11) is 3.25. The summed E-state index contributed by atoms with van der Waals surface area (Å²) in [5.41, 5.74) is 14.6. The van der Waals surface area contributed by atoms with E-state index in [-0.39, 0.29) is 11.7 Å². The fraction of sp³-hybridized carbons (Fsp3) is 0.292. The molecule has 0 amide bonds. The number of benzene rings is 2. The zero-order chi connectivity index (χ0) is 21.4. The van der Waals surface area contributed by atoms with Crippen LogP contribution in [0.15, 0.2) is 73.3 Å². The van der Waals surface area contributed by atoms with Gasteiger partial charge in [-0.05, 0) is 59.9 Å². The Morgan fingerprint density at radius 3 is 1.86 bits per heavy atom. The van der Waals surface area contributed by atoms with E-state index in [1.165, 1.54) is 12.2 Å². The van der Waals surface area contributed by atoms with Crippen LogP contribution in [0.3, 0.4) is 0 Å². The molecule has 0 radical (unpaired) electrons. The van der Waals surface area contributed by atoms with Crippen LogP contribution in [0.4, 0.5) is 0 Å². The largest absolute Gasteiger partial charge is 0.497 e. The van der Waals surface area contributed by atoms with Crippen molar-refractivity contribution in [2.45, 2.75) is 24.9 Å². The van der Waals surface area contributed by atoms with Crippen LogP contribution in [-0.4, -0.2) is 26.0 Å². The average Bonchev–Trinajstić information content (AvgIpc) is 2.77. The number of methoxy groups -OCH3 is 2. The van der Waals surface area contributed by atoms with Crippen molar-refractivity contribution in [3.05, 3.63) is 84.5 Å². The highest BCUT2D eigenvalue weighted by Crippen LogP contribution is 2.35. The van der Waals surface area contributed by atoms with Gasteiger partial charge in [0.1, 0.15) is 11.5 Å². The third-order valence-electron chi connectivity index (χ3n) is 5.27. The van der Waals surface area contributed by atoms with Crippen molar-refractivity contribution in [1.82, 2.24) is 0 Å². The highest BCUT2D eigenvalue weighted by Gasteiger charge is 2.39. The maximum absolute atomic E-state index is 11.4. The van der Waals surface area contributed by atoms with Crippen molar-refractivity contribution in [1.29, 1.82) is 0 Å². The van der Waals surface area contributed by atoms with Gasteiger partial charge in [0.25, 0.3) is 0 Å². The summed E-state index contributed by atoms with van der Waals surface area (Å²) < 4.78 is 10.5. The fourth-order valence-electron chi connectivity index (χ4n) is 3.35. The summed E-state index contributed by atoms with van der Waals surface area (Å²) in [6.45, 7) is 5.50. The number of nitrogens with two attached hydrogens (primary N) is 2. The first-order valence-corrected chi connectivity index (χ1v) is 9.53. The van der Waals surface area contributed by atoms with Gasteiger partial charge in [-0.2, -0.15) is 0 Å². The minimum absolute atomic E-state index is 0.0121. The van der Waals surface area contributed by atoms with Crippen molar-refractivity contribution in [2.24, 2.45) is 17.4 Å². The number of allylic oxidation sites excluding steroid dienone is 3. The Morgan fingerprint density at radius 2 is 1.48 bits per heavy atom. The smallest absolute Gasteiger partial charge is 0.177 e. The van der Waals surface area contributed by atoms with E-state index in [4.69, 9.17) is 20.9 Å². The van der Waals surface area contributed by atoms with Crippen LogP contribution >= 0.6 is 0 Å². The Hall–Kier alpha value is -2.89. The Kier molecular flexibility index (Phi) is 7.76. The fourth-order valence-corrected chi connectivity index (χ4v) is 3.35. The molecule has 2 aromatic carbocycles. The molecule has 0 bridgehead atoms. The molecule has 29 heavy (non-hydrogen) atoms. The maximum atomic E-state index is 11.4. The highest BCUT2D eigenvalue weighted by molar-refractivity contribution is 5.98. The molecule has 5 nitrogen and oxygen atoms in total. The summed E-state index contributed by atoms with van der Waals surface area (Å²) in [4.78, 5) is 11.4. The molecule has 0 aliphatic rings. The maximum Gasteiger partial charge on any atom is 0.177 e. The topological polar surface area (TPSA) is 87.6 Å². The molecule has 0 aromatic heterocycles. The van der Waals surface area contributed by atoms with E-state index in [0.29, 0.717) is 6.42 Å². The van der Waals surface area contributed by atoms with Gasteiger partial charge < -0.3 is 20.9 Å². The van der Waals surface area contributed by atoms with Gasteiger partial charge in [-0.1, -0.05) is 43.8 Å². The molecule has 154 valence electrons. The van der Waals surface area contributed by atoms with Crippen LogP contribution in [0, 0.1) is 5.92 Å². The van der Waals surface area contributed by atoms with Gasteiger partial charge in [0.15, 0.2) is 5.78 Å². The van der Waals surface area contributed by atoms with Crippen molar-refractivity contribution in [3.63, 3.8) is 0 Å². The molecule has 0 saturated heterocycles. The van der Waals surface area contributed by atoms with E-state index in [1.807, 2.05) is 61.5 Å². The number of hydrogen-bond donors (Lipinski definition) is 2. The lowest BCUT2D eigenvalue weighted by molar-refractivity contribution is -0.110. The summed E-state index contributed by atoms with van der Waals surface area (Å²) in [5, 5.41) is 0. The third-order valence-corrected chi connectivity index (χ3v) is 5.27. The van der Waals surface area contributed by atoms with Gasteiger partial charge in [0.05, 0.1) is 19.8 Å². The zero-order valence-electron chi connectivity index (χ0n) is 17.3. The van der Waals surface area contributed by atoms with E-state index >= 15 is 0 Å². The number of carbonyl (C=O) groups excluding carboxylic acids is 1. The number of ketones is 1. The van der Waals surface area contributed by atoms with E-state index in [1.54, 1.807) is 14.2 Å². The van der Waals surface area contributed by atoms with Crippen molar-refractivity contribution in [2.75, 3.05) is 14.2 Å². The van der Waals surface area contributed by atoms with E-state index in [2.05, 4.69) is 6.58 Å². The van der Waals surface area contributed by atoms with Crippen LogP contribution in [0.2, 0.25) is 0 Å². The molecule has 0 heterocycles. The second kappa shape index (κ2) is 10.0. The van der Waals surface area contributed by atoms with E-state index < -0.39 is 11.6 Å². The third kappa shape index (κ3) is 5.13. The van der Waals surface area contributed by atoms with E-state index in [9.17, 15) is 4.79 Å². The average molecular weight is 395 g/mol. The summed E-state index contributed by atoms with van der Waals surface area (Å²) in [6, 6.07) is 14.8. The van der Waals surface area contributed by atoms with Crippen LogP contribution in [0.25, 0.3) is 0 Å². The van der Waals surface area contributed by atoms with Gasteiger partial charge in [0, 0.05) is 6.04 Å². The number of carbonyl (C=O) groups is 1. The Balaban J connectivity index is 2.42. The monoisotopic (exact) mass is 394 g/mol. The first-order valence-electron chi connectivity index (χ1n) is 9.53. The normalized spacial score (nSPS) is 13.7. The molecule has 2 rings (SSSR count). The van der Waals surface area contributed by atoms with Gasteiger partial charge in [-0.3, -0.25) is 4.79 Å². The van der Waals surface area contributed by atoms with Crippen LogP contribution < -0.4 is 20.9 Å². The minimum Gasteiger partial charge on any atom is -0.497 e. The lowest BCUT2D eigenvalue weighted by Gasteiger charge is -2.39. The molecular formula is C24H30N2O3. The summed E-state index contributed by atoms with van der Waals surface area (Å²) in [6.07, 6.45) is 5.22. The molecule has 0 fully saturated rings. The molecular weight excluding hydrogens is 364 g/mol. The first kappa shape index (κ1) is 22.4. The Morgan fingerprint density at radius 1 is 1.03 bits per heavy atom. The van der Waals surface area contributed by atoms with Gasteiger partial charge in [0.2, 0.25) is 0 Å². The SMILES string of the molecule is C=CC(=O)C=CCC(C)C(N)C(N)(c1ccc(OC)cc1)c1ccc(OC)cc1. The zero-order valence-corrected chi connectivity index (χ0v) is 17.3. The highest BCUT2D eigenvalue weighted by atomic mass is 16.5. The Labute approximate surface area is 173 Å². The second-order valence-corrected chi connectivity index (χ2v) is 7.07. The number of ether oxygens (including phenoxy) is 2. The second-order valence-electron chi connectivity index (χ2n) is 7.07. The molecule has 2 unspecified atom stereocenters. The predicted molar refractivity (Wildman–Crippen MR) is 117 cm³/mol. The van der Waals surface area contributed by atoms with Crippen LogP contribution in [-0.2, 0) is 10.3 Å². The van der Waals surface area contributed by atoms with Crippen molar-refractivity contribution in [3.8, 4) is 11.5 Å². The van der Waals surface area contributed by atoms with Gasteiger partial charge in [-0.15, -0.1) is 0 Å². The molecule has 5 heteroatoms. The molecule has 0 aliphatic carbocycles. The lowest BCUT2D eigenvalue weighted by atomic mass is 9.73. The minimum atomic E-state index is -0.936. The summed E-state index contributed by atoms with van der Waals surface area (Å²) >= 11 is 0. The quantitative estimate of drug-likeness (QED) is 0.602. The summed E-state index contributed by atoms with van der Waals surface area (Å²) in [5.74, 6) is 1.38. The standard InChI is InChI=1S/C24H30N2O3/c1-5-20(27)8-6-7-17(2)23(25)24(26,18-9-13-21(28-3)14-10-18)19-11-15-22(29-4)16-12-19/h5-6,8-17,23H,1,7,25-26H2,2-4H3. The number of rotatable bonds is 10. The van der Waals surface area contributed by atoms with Gasteiger partial charge >= 0.3 is 0 Å². The molecule has 4 N–H and O–H groups in total. The Bertz CT molecular complexity index is 794. The first-order chi connectivity index (χ1) is 13.9. The van der Waals surface area contributed by atoms with Crippen molar-refractivity contribution < 1.29 is 14.3 Å². The van der Waals surface area contributed by atoms with Crippen LogP contribution in [0.5, 0.6) is 11.5 Å². The molecule has 2 atom stereocenters. The molecule has 0 spiro atoms. The molecule has 0 saturated carbocycles. The predicted octanol–water partition coefficient (Wildman–Crippen LogP) is 3.57.